The first-order valence-corrected chi connectivity index (χ1v) is 7.67. The molecule has 0 spiro atoms. The molecule has 2 aromatic rings. The molecule has 1 aromatic heterocycles. The summed E-state index contributed by atoms with van der Waals surface area (Å²) in [5.41, 5.74) is 0.0793. The first-order chi connectivity index (χ1) is 11.3. The van der Waals surface area contributed by atoms with Gasteiger partial charge in [0.05, 0.1) is 6.54 Å². The molecule has 128 valence electrons. The lowest BCUT2D eigenvalue weighted by Crippen LogP contribution is -2.30. The van der Waals surface area contributed by atoms with Crippen LogP contribution in [0.25, 0.3) is 0 Å². The molecule has 0 fully saturated rings. The molecular formula is C16H15Cl2NO5. The normalized spacial score (nSPS) is 10.5. The van der Waals surface area contributed by atoms with E-state index in [1.165, 1.54) is 11.0 Å². The molecule has 0 aliphatic carbocycles. The molecule has 1 N–H and O–H groups in total. The minimum Gasteiger partial charge on any atom is -0.484 e. The van der Waals surface area contributed by atoms with Crippen molar-refractivity contribution in [2.75, 3.05) is 13.7 Å². The summed E-state index contributed by atoms with van der Waals surface area (Å²) in [5, 5.41) is 9.81. The van der Waals surface area contributed by atoms with Gasteiger partial charge in [-0.15, -0.1) is 0 Å². The quantitative estimate of drug-likeness (QED) is 0.838. The van der Waals surface area contributed by atoms with Crippen molar-refractivity contribution in [1.82, 2.24) is 4.90 Å². The molecule has 0 radical (unpaired) electrons. The molecule has 0 unspecified atom stereocenters. The molecule has 1 heterocycles. The predicted octanol–water partition coefficient (Wildman–Crippen LogP) is 3.63. The highest BCUT2D eigenvalue weighted by atomic mass is 35.5. The summed E-state index contributed by atoms with van der Waals surface area (Å²) >= 11 is 11.7. The lowest BCUT2D eigenvalue weighted by atomic mass is 10.2. The van der Waals surface area contributed by atoms with Gasteiger partial charge in [-0.3, -0.25) is 4.79 Å². The van der Waals surface area contributed by atoms with Gasteiger partial charge < -0.3 is 19.2 Å². The summed E-state index contributed by atoms with van der Waals surface area (Å²) in [4.78, 5) is 24.5. The largest absolute Gasteiger partial charge is 0.484 e. The maximum atomic E-state index is 12.1. The Morgan fingerprint density at radius 2 is 1.83 bits per heavy atom. The third-order valence-electron chi connectivity index (χ3n) is 3.22. The van der Waals surface area contributed by atoms with Crippen LogP contribution in [-0.4, -0.2) is 35.5 Å². The molecule has 8 heteroatoms. The van der Waals surface area contributed by atoms with Crippen LogP contribution >= 0.6 is 23.2 Å². The number of hydrogen-bond donors (Lipinski definition) is 1. The average molecular weight is 372 g/mol. The molecule has 0 saturated carbocycles. The fourth-order valence-corrected chi connectivity index (χ4v) is 2.53. The number of benzene rings is 1. The number of carboxylic acid groups (broad SMARTS) is 1. The molecule has 0 saturated heterocycles. The molecule has 0 atom stereocenters. The average Bonchev–Trinajstić information content (AvgIpc) is 2.84. The highest BCUT2D eigenvalue weighted by molar-refractivity contribution is 6.34. The summed E-state index contributed by atoms with van der Waals surface area (Å²) < 4.78 is 10.7. The zero-order chi connectivity index (χ0) is 17.9. The van der Waals surface area contributed by atoms with E-state index in [-0.39, 0.29) is 24.6 Å². The van der Waals surface area contributed by atoms with Gasteiger partial charge in [0.2, 0.25) is 0 Å². The van der Waals surface area contributed by atoms with Gasteiger partial charge in [0.25, 0.3) is 5.91 Å². The Hall–Kier alpha value is -2.18. The number of ether oxygens (including phenoxy) is 1. The highest BCUT2D eigenvalue weighted by Gasteiger charge is 2.17. The van der Waals surface area contributed by atoms with Crippen LogP contribution in [0.3, 0.4) is 0 Å². The van der Waals surface area contributed by atoms with Crippen LogP contribution in [0, 0.1) is 6.92 Å². The maximum absolute atomic E-state index is 12.1. The Labute approximate surface area is 148 Å². The van der Waals surface area contributed by atoms with Gasteiger partial charge in [-0.05, 0) is 31.2 Å². The van der Waals surface area contributed by atoms with Crippen molar-refractivity contribution in [2.45, 2.75) is 13.5 Å². The zero-order valence-electron chi connectivity index (χ0n) is 13.0. The smallest absolute Gasteiger partial charge is 0.339 e. The molecule has 1 amide bonds. The number of furan rings is 1. The molecular weight excluding hydrogens is 357 g/mol. The number of aromatic carboxylic acids is 1. The molecule has 2 rings (SSSR count). The number of carbonyl (C=O) groups excluding carboxylic acids is 1. The Morgan fingerprint density at radius 3 is 2.38 bits per heavy atom. The summed E-state index contributed by atoms with van der Waals surface area (Å²) in [6.07, 6.45) is 0. The van der Waals surface area contributed by atoms with Gasteiger partial charge in [-0.2, -0.15) is 0 Å². The number of carboxylic acids is 1. The molecule has 0 aliphatic rings. The number of likely N-dealkylation sites (N-methyl/N-ethyl adjacent to an activating group) is 1. The predicted molar refractivity (Wildman–Crippen MR) is 88.8 cm³/mol. The van der Waals surface area contributed by atoms with Crippen LogP contribution in [0.2, 0.25) is 10.0 Å². The first kappa shape index (κ1) is 18.2. The Morgan fingerprint density at radius 1 is 1.21 bits per heavy atom. The van der Waals surface area contributed by atoms with E-state index in [9.17, 15) is 9.59 Å². The second-order valence-corrected chi connectivity index (χ2v) is 6.00. The fraction of sp³-hybridized carbons (Fsp3) is 0.250. The van der Waals surface area contributed by atoms with E-state index < -0.39 is 5.97 Å². The first-order valence-electron chi connectivity index (χ1n) is 6.91. The summed E-state index contributed by atoms with van der Waals surface area (Å²) in [5.74, 6) is -0.319. The van der Waals surface area contributed by atoms with Crippen LogP contribution in [0.4, 0.5) is 0 Å². The third-order valence-corrected chi connectivity index (χ3v) is 3.65. The van der Waals surface area contributed by atoms with Gasteiger partial charge in [0, 0.05) is 17.1 Å². The lowest BCUT2D eigenvalue weighted by Gasteiger charge is -2.16. The van der Waals surface area contributed by atoms with Crippen molar-refractivity contribution in [1.29, 1.82) is 0 Å². The zero-order valence-corrected chi connectivity index (χ0v) is 14.5. The van der Waals surface area contributed by atoms with Crippen molar-refractivity contribution < 1.29 is 23.8 Å². The number of halogens is 2. The minimum atomic E-state index is -1.07. The minimum absolute atomic E-state index is 0.0793. The van der Waals surface area contributed by atoms with Crippen molar-refractivity contribution in [3.63, 3.8) is 0 Å². The number of nitrogens with zero attached hydrogens (tertiary/aromatic N) is 1. The Balaban J connectivity index is 1.94. The van der Waals surface area contributed by atoms with Crippen molar-refractivity contribution >= 4 is 35.1 Å². The van der Waals surface area contributed by atoms with Gasteiger partial charge in [0.1, 0.15) is 22.8 Å². The monoisotopic (exact) mass is 371 g/mol. The molecule has 1 aromatic carbocycles. The summed E-state index contributed by atoms with van der Waals surface area (Å²) in [6, 6.07) is 6.06. The number of carbonyl (C=O) groups is 2. The van der Waals surface area contributed by atoms with Gasteiger partial charge in [-0.25, -0.2) is 4.79 Å². The second kappa shape index (κ2) is 7.59. The summed E-state index contributed by atoms with van der Waals surface area (Å²) in [7, 11) is 1.56. The van der Waals surface area contributed by atoms with Gasteiger partial charge in [0.15, 0.2) is 6.61 Å². The van der Waals surface area contributed by atoms with Crippen molar-refractivity contribution in [2.24, 2.45) is 0 Å². The number of hydrogen-bond acceptors (Lipinski definition) is 4. The number of amides is 1. The van der Waals surface area contributed by atoms with E-state index in [4.69, 9.17) is 37.5 Å². The number of aryl methyl sites for hydroxylation is 1. The Bertz CT molecular complexity index is 752. The summed E-state index contributed by atoms with van der Waals surface area (Å²) in [6.45, 7) is 1.48. The van der Waals surface area contributed by atoms with Crippen LogP contribution < -0.4 is 4.74 Å². The molecule has 6 nitrogen and oxygen atoms in total. The van der Waals surface area contributed by atoms with Crippen LogP contribution in [-0.2, 0) is 11.3 Å². The topological polar surface area (TPSA) is 80.0 Å². The van der Waals surface area contributed by atoms with Crippen molar-refractivity contribution in [3.05, 3.63) is 51.4 Å². The van der Waals surface area contributed by atoms with Crippen molar-refractivity contribution in [3.8, 4) is 5.75 Å². The number of rotatable bonds is 6. The van der Waals surface area contributed by atoms with Crippen LogP contribution in [0.15, 0.2) is 28.7 Å². The van der Waals surface area contributed by atoms with Crippen LogP contribution in [0.5, 0.6) is 5.75 Å². The SMILES string of the molecule is Cc1oc(CN(C)C(=O)COc2cc(Cl)cc(Cl)c2)cc1C(=O)O. The standard InChI is InChI=1S/C16H15Cl2NO5/c1-9-14(16(21)22)6-13(24-9)7-19(2)15(20)8-23-12-4-10(17)3-11(18)5-12/h3-6H,7-8H2,1-2H3,(H,21,22). The highest BCUT2D eigenvalue weighted by Crippen LogP contribution is 2.24. The van der Waals surface area contributed by atoms with E-state index in [0.717, 1.165) is 0 Å². The lowest BCUT2D eigenvalue weighted by molar-refractivity contribution is -0.132. The molecule has 0 aliphatic heterocycles. The van der Waals surface area contributed by atoms with E-state index in [1.54, 1.807) is 32.2 Å². The third kappa shape index (κ3) is 4.66. The Kier molecular flexibility index (Phi) is 5.75. The molecule has 24 heavy (non-hydrogen) atoms. The maximum Gasteiger partial charge on any atom is 0.339 e. The van der Waals surface area contributed by atoms with Gasteiger partial charge in [-0.1, -0.05) is 23.2 Å². The van der Waals surface area contributed by atoms with E-state index in [0.29, 0.717) is 27.3 Å². The van der Waals surface area contributed by atoms with E-state index in [2.05, 4.69) is 0 Å². The van der Waals surface area contributed by atoms with Gasteiger partial charge >= 0.3 is 5.97 Å². The van der Waals surface area contributed by atoms with E-state index in [1.807, 2.05) is 0 Å². The fourth-order valence-electron chi connectivity index (χ4n) is 2.02. The van der Waals surface area contributed by atoms with E-state index >= 15 is 0 Å². The second-order valence-electron chi connectivity index (χ2n) is 5.13. The molecule has 0 bridgehead atoms. The van der Waals surface area contributed by atoms with Crippen LogP contribution in [0.1, 0.15) is 21.9 Å².